The molecule has 2 amide bonds. The van der Waals surface area contributed by atoms with Gasteiger partial charge in [0.2, 0.25) is 0 Å². The number of carbonyl (C=O) groups is 4. The van der Waals surface area contributed by atoms with Crippen molar-refractivity contribution in [1.29, 1.82) is 0 Å². The molecule has 3 aliphatic carbocycles. The zero-order valence-corrected chi connectivity index (χ0v) is 17.4. The fourth-order valence-electron chi connectivity index (χ4n) is 4.90. The average Bonchev–Trinajstić information content (AvgIpc) is 3.38. The number of hydrogen-bond donors (Lipinski definition) is 1. The van der Waals surface area contributed by atoms with Crippen molar-refractivity contribution in [1.82, 2.24) is 5.06 Å². The summed E-state index contributed by atoms with van der Waals surface area (Å²) in [5.41, 5.74) is 2.70. The second kappa shape index (κ2) is 6.91. The molecule has 1 aliphatic heterocycles. The molecule has 0 unspecified atom stereocenters. The average molecular weight is 415 g/mol. The number of amides is 2. The van der Waals surface area contributed by atoms with Gasteiger partial charge in [-0.3, -0.25) is 19.2 Å². The number of rotatable bonds is 5. The molecule has 0 radical (unpaired) electrons. The van der Waals surface area contributed by atoms with E-state index >= 15 is 0 Å². The standard InChI is InChI=1S/C22H25NO7/c1-12-11-15-18(13(2)22(8-9-22)21(3,28)19(15)26)14(12)5-4-10-29-20(27)30-23-16(24)6-7-17(23)25/h11,28H,4-10H2,1-3H3/t21-/m0/s1. The minimum absolute atomic E-state index is 0.0242. The van der Waals surface area contributed by atoms with E-state index in [1.807, 2.05) is 19.9 Å². The molecule has 1 spiro atoms. The van der Waals surface area contributed by atoms with E-state index in [1.165, 1.54) is 0 Å². The summed E-state index contributed by atoms with van der Waals surface area (Å²) in [7, 11) is 0. The van der Waals surface area contributed by atoms with E-state index in [-0.39, 0.29) is 25.2 Å². The van der Waals surface area contributed by atoms with Crippen LogP contribution in [-0.4, -0.2) is 46.1 Å². The number of fused-ring (bicyclic) bond motifs is 1. The third-order valence-corrected chi connectivity index (χ3v) is 6.83. The molecule has 0 aromatic heterocycles. The van der Waals surface area contributed by atoms with Crippen LogP contribution in [0.2, 0.25) is 0 Å². The number of imide groups is 1. The van der Waals surface area contributed by atoms with Crippen LogP contribution in [0.4, 0.5) is 4.79 Å². The summed E-state index contributed by atoms with van der Waals surface area (Å²) in [6.45, 7) is 5.59. The minimum Gasteiger partial charge on any atom is -0.433 e. The molecule has 4 rings (SSSR count). The third-order valence-electron chi connectivity index (χ3n) is 6.83. The first-order valence-corrected chi connectivity index (χ1v) is 10.2. The van der Waals surface area contributed by atoms with Gasteiger partial charge in [-0.15, -0.1) is 0 Å². The van der Waals surface area contributed by atoms with Gasteiger partial charge in [-0.1, -0.05) is 10.6 Å². The Morgan fingerprint density at radius 3 is 2.40 bits per heavy atom. The summed E-state index contributed by atoms with van der Waals surface area (Å²) in [6.07, 6.45) is 3.45. The first-order valence-electron chi connectivity index (χ1n) is 10.2. The molecule has 1 N–H and O–H groups in total. The molecule has 0 bridgehead atoms. The molecule has 0 aromatic carbocycles. The predicted octanol–water partition coefficient (Wildman–Crippen LogP) is 2.67. The fraction of sp³-hybridized carbons (Fsp3) is 0.545. The molecule has 30 heavy (non-hydrogen) atoms. The van der Waals surface area contributed by atoms with Gasteiger partial charge in [0.15, 0.2) is 5.78 Å². The van der Waals surface area contributed by atoms with Crippen molar-refractivity contribution in [2.45, 2.75) is 64.9 Å². The van der Waals surface area contributed by atoms with Crippen LogP contribution >= 0.6 is 0 Å². The van der Waals surface area contributed by atoms with Gasteiger partial charge in [0.05, 0.1) is 6.61 Å². The van der Waals surface area contributed by atoms with Crippen LogP contribution in [0, 0.1) is 5.41 Å². The largest absolute Gasteiger partial charge is 0.533 e. The van der Waals surface area contributed by atoms with E-state index in [4.69, 9.17) is 4.74 Å². The van der Waals surface area contributed by atoms with E-state index in [0.29, 0.717) is 23.5 Å². The van der Waals surface area contributed by atoms with Crippen molar-refractivity contribution in [3.63, 3.8) is 0 Å². The fourth-order valence-corrected chi connectivity index (χ4v) is 4.90. The van der Waals surface area contributed by atoms with E-state index in [1.54, 1.807) is 6.92 Å². The van der Waals surface area contributed by atoms with Crippen molar-refractivity contribution in [2.75, 3.05) is 6.61 Å². The Morgan fingerprint density at radius 2 is 1.80 bits per heavy atom. The Hall–Kier alpha value is -2.74. The van der Waals surface area contributed by atoms with Crippen molar-refractivity contribution in [2.24, 2.45) is 5.41 Å². The molecule has 1 saturated heterocycles. The lowest BCUT2D eigenvalue weighted by Crippen LogP contribution is -2.49. The highest BCUT2D eigenvalue weighted by Crippen LogP contribution is 2.65. The summed E-state index contributed by atoms with van der Waals surface area (Å²) < 4.78 is 5.00. The van der Waals surface area contributed by atoms with Crippen LogP contribution in [0.3, 0.4) is 0 Å². The van der Waals surface area contributed by atoms with Gasteiger partial charge in [0.25, 0.3) is 11.8 Å². The molecular formula is C22H25NO7. The Balaban J connectivity index is 1.38. The quantitative estimate of drug-likeness (QED) is 0.417. The maximum Gasteiger partial charge on any atom is 0.533 e. The molecule has 0 aromatic rings. The number of ketones is 1. The van der Waals surface area contributed by atoms with E-state index < -0.39 is 29.0 Å². The number of carbonyl (C=O) groups excluding carboxylic acids is 4. The summed E-state index contributed by atoms with van der Waals surface area (Å²) in [5, 5.41) is 11.3. The second-order valence-electron chi connectivity index (χ2n) is 8.58. The van der Waals surface area contributed by atoms with Crippen LogP contribution in [0.15, 0.2) is 33.9 Å². The molecule has 2 fully saturated rings. The van der Waals surface area contributed by atoms with Gasteiger partial charge in [0, 0.05) is 23.8 Å². The van der Waals surface area contributed by atoms with Crippen LogP contribution < -0.4 is 0 Å². The number of aliphatic hydroxyl groups is 1. The Morgan fingerprint density at radius 1 is 1.17 bits per heavy atom. The van der Waals surface area contributed by atoms with Gasteiger partial charge in [-0.2, -0.15) is 0 Å². The van der Waals surface area contributed by atoms with Crippen LogP contribution in [0.1, 0.15) is 59.3 Å². The first-order chi connectivity index (χ1) is 14.1. The maximum atomic E-state index is 12.9. The highest BCUT2D eigenvalue weighted by atomic mass is 16.8. The van der Waals surface area contributed by atoms with Gasteiger partial charge in [-0.25, -0.2) is 4.79 Å². The maximum absolute atomic E-state index is 12.9. The van der Waals surface area contributed by atoms with Crippen LogP contribution in [-0.2, 0) is 24.0 Å². The SMILES string of the molecule is CC1=C(CCCOC(=O)ON2C(=O)CCC2=O)C2=C(C)C3(CC3)[C@@](C)(O)C(=O)C2=C1. The smallest absolute Gasteiger partial charge is 0.433 e. The third kappa shape index (κ3) is 2.93. The molecular weight excluding hydrogens is 390 g/mol. The monoisotopic (exact) mass is 415 g/mol. The zero-order valence-electron chi connectivity index (χ0n) is 17.4. The molecule has 160 valence electrons. The second-order valence-corrected chi connectivity index (χ2v) is 8.58. The Labute approximate surface area is 174 Å². The van der Waals surface area contributed by atoms with Crippen molar-refractivity contribution in [3.8, 4) is 0 Å². The van der Waals surface area contributed by atoms with E-state index in [0.717, 1.165) is 35.1 Å². The van der Waals surface area contributed by atoms with Crippen LogP contribution in [0.25, 0.3) is 0 Å². The van der Waals surface area contributed by atoms with Gasteiger partial charge in [-0.05, 0) is 69.2 Å². The number of hydroxylamine groups is 2. The van der Waals surface area contributed by atoms with Crippen molar-refractivity contribution in [3.05, 3.63) is 33.9 Å². The first kappa shape index (κ1) is 20.5. The highest BCUT2D eigenvalue weighted by molar-refractivity contribution is 6.10. The molecule has 8 nitrogen and oxygen atoms in total. The summed E-state index contributed by atoms with van der Waals surface area (Å²) in [6, 6.07) is 0. The number of hydrogen-bond acceptors (Lipinski definition) is 7. The topological polar surface area (TPSA) is 110 Å². The Bertz CT molecular complexity index is 946. The predicted molar refractivity (Wildman–Crippen MR) is 104 cm³/mol. The molecule has 8 heteroatoms. The number of ether oxygens (including phenoxy) is 1. The van der Waals surface area contributed by atoms with E-state index in [2.05, 4.69) is 4.84 Å². The molecule has 1 atom stereocenters. The van der Waals surface area contributed by atoms with Gasteiger partial charge in [0.1, 0.15) is 5.60 Å². The summed E-state index contributed by atoms with van der Waals surface area (Å²) in [5.74, 6) is -1.34. The summed E-state index contributed by atoms with van der Waals surface area (Å²) in [4.78, 5) is 52.3. The normalized spacial score (nSPS) is 27.1. The van der Waals surface area contributed by atoms with Crippen molar-refractivity contribution >= 4 is 23.8 Å². The van der Waals surface area contributed by atoms with Gasteiger partial charge >= 0.3 is 6.16 Å². The number of Topliss-reactive ketones (excluding diaryl/α,β-unsaturated/α-hetero) is 1. The molecule has 1 heterocycles. The zero-order chi connectivity index (χ0) is 21.8. The highest BCUT2D eigenvalue weighted by Gasteiger charge is 2.64. The van der Waals surface area contributed by atoms with Crippen LogP contribution in [0.5, 0.6) is 0 Å². The number of nitrogens with zero attached hydrogens (tertiary/aromatic N) is 1. The molecule has 1 saturated carbocycles. The van der Waals surface area contributed by atoms with Crippen molar-refractivity contribution < 1.29 is 33.9 Å². The number of allylic oxidation sites excluding steroid dienone is 4. The molecule has 4 aliphatic rings. The van der Waals surface area contributed by atoms with E-state index in [9.17, 15) is 24.3 Å². The summed E-state index contributed by atoms with van der Waals surface area (Å²) >= 11 is 0. The van der Waals surface area contributed by atoms with Gasteiger partial charge < -0.3 is 9.84 Å². The lowest BCUT2D eigenvalue weighted by molar-refractivity contribution is -0.177. The Kier molecular flexibility index (Phi) is 4.73. The lowest BCUT2D eigenvalue weighted by Gasteiger charge is -2.39. The lowest BCUT2D eigenvalue weighted by atomic mass is 9.67. The minimum atomic E-state index is -1.38.